The lowest BCUT2D eigenvalue weighted by molar-refractivity contribution is 0.0950. The number of nitrogens with one attached hydrogen (secondary N) is 1. The molecule has 2 aromatic heterocycles. The minimum atomic E-state index is -0.181. The van der Waals surface area contributed by atoms with Crippen molar-refractivity contribution in [3.05, 3.63) is 83.8 Å². The summed E-state index contributed by atoms with van der Waals surface area (Å²) in [4.78, 5) is 17.1. The quantitative estimate of drug-likeness (QED) is 0.525. The highest BCUT2D eigenvalue weighted by Crippen LogP contribution is 2.33. The number of hydrogen-bond acceptors (Lipinski definition) is 6. The Morgan fingerprint density at radius 3 is 2.73 bits per heavy atom. The maximum absolute atomic E-state index is 12.7. The van der Waals surface area contributed by atoms with Crippen LogP contribution in [-0.2, 0) is 6.54 Å². The van der Waals surface area contributed by atoms with Crippen LogP contribution in [0.2, 0.25) is 0 Å². The van der Waals surface area contributed by atoms with E-state index in [2.05, 4.69) is 20.5 Å². The van der Waals surface area contributed by atoms with Crippen LogP contribution < -0.4 is 14.8 Å². The lowest BCUT2D eigenvalue weighted by atomic mass is 10.1. The Labute approximate surface area is 173 Å². The van der Waals surface area contributed by atoms with Gasteiger partial charge in [-0.15, -0.1) is 0 Å². The molecular weight excluding hydrogens is 380 g/mol. The van der Waals surface area contributed by atoms with Gasteiger partial charge in [0.1, 0.15) is 17.2 Å². The fourth-order valence-corrected chi connectivity index (χ4v) is 3.11. The molecule has 0 atom stereocenters. The number of rotatable bonds is 6. The standard InChI is InChI=1S/C23H20N4O3/c1-15-18(23(28)25-13-16-8-11-26-27-14-16)4-3-5-21(15)30-22-9-10-24-20-12-17(29-2)6-7-19(20)22/h3-12,14H,13H2,1-2H3,(H,25,28). The summed E-state index contributed by atoms with van der Waals surface area (Å²) in [5.74, 6) is 1.81. The normalized spacial score (nSPS) is 10.6. The Bertz CT molecular complexity index is 1200. The number of amides is 1. The van der Waals surface area contributed by atoms with Gasteiger partial charge in [0, 0.05) is 41.5 Å². The minimum absolute atomic E-state index is 0.181. The van der Waals surface area contributed by atoms with Crippen molar-refractivity contribution in [2.75, 3.05) is 7.11 Å². The van der Waals surface area contributed by atoms with Crippen molar-refractivity contribution in [2.24, 2.45) is 0 Å². The topological polar surface area (TPSA) is 86.2 Å². The average molecular weight is 400 g/mol. The predicted molar refractivity (Wildman–Crippen MR) is 113 cm³/mol. The summed E-state index contributed by atoms with van der Waals surface area (Å²) in [6.07, 6.45) is 4.90. The number of carbonyl (C=O) groups is 1. The highest BCUT2D eigenvalue weighted by atomic mass is 16.5. The molecule has 7 heteroatoms. The fourth-order valence-electron chi connectivity index (χ4n) is 3.11. The van der Waals surface area contributed by atoms with Gasteiger partial charge in [-0.2, -0.15) is 10.2 Å². The highest BCUT2D eigenvalue weighted by Gasteiger charge is 2.14. The molecular formula is C23H20N4O3. The summed E-state index contributed by atoms with van der Waals surface area (Å²) in [7, 11) is 1.62. The molecule has 0 radical (unpaired) electrons. The van der Waals surface area contributed by atoms with Gasteiger partial charge in [-0.05, 0) is 48.9 Å². The molecule has 0 saturated heterocycles. The molecule has 1 amide bonds. The number of fused-ring (bicyclic) bond motifs is 1. The van der Waals surface area contributed by atoms with Crippen LogP contribution in [0.5, 0.6) is 17.2 Å². The molecule has 0 bridgehead atoms. The molecule has 4 rings (SSSR count). The van der Waals surface area contributed by atoms with Gasteiger partial charge in [0.15, 0.2) is 0 Å². The second kappa shape index (κ2) is 8.57. The van der Waals surface area contributed by atoms with Crippen LogP contribution in [-0.4, -0.2) is 28.2 Å². The Kier molecular flexibility index (Phi) is 5.52. The molecule has 0 spiro atoms. The molecule has 2 heterocycles. The van der Waals surface area contributed by atoms with Crippen LogP contribution in [0.4, 0.5) is 0 Å². The van der Waals surface area contributed by atoms with E-state index in [0.717, 1.165) is 27.8 Å². The van der Waals surface area contributed by atoms with Crippen molar-refractivity contribution in [3.8, 4) is 17.2 Å². The molecule has 150 valence electrons. The molecule has 4 aromatic rings. The number of pyridine rings is 1. The number of nitrogens with zero attached hydrogens (tertiary/aromatic N) is 3. The Hall–Kier alpha value is -4.00. The fraction of sp³-hybridized carbons (Fsp3) is 0.130. The first-order valence-electron chi connectivity index (χ1n) is 9.39. The lowest BCUT2D eigenvalue weighted by Crippen LogP contribution is -2.23. The van der Waals surface area contributed by atoms with Gasteiger partial charge in [0.25, 0.3) is 5.91 Å². The van der Waals surface area contributed by atoms with E-state index >= 15 is 0 Å². The number of carbonyl (C=O) groups excluding carboxylic acids is 1. The molecule has 2 aromatic carbocycles. The number of aromatic nitrogens is 3. The van der Waals surface area contributed by atoms with Gasteiger partial charge in [0.2, 0.25) is 0 Å². The Morgan fingerprint density at radius 2 is 1.93 bits per heavy atom. The van der Waals surface area contributed by atoms with Crippen LogP contribution in [0, 0.1) is 6.92 Å². The van der Waals surface area contributed by atoms with Gasteiger partial charge in [-0.1, -0.05) is 6.07 Å². The third kappa shape index (κ3) is 4.05. The summed E-state index contributed by atoms with van der Waals surface area (Å²) in [5, 5.41) is 11.3. The van der Waals surface area contributed by atoms with Crippen molar-refractivity contribution in [3.63, 3.8) is 0 Å². The van der Waals surface area contributed by atoms with Crippen molar-refractivity contribution in [1.82, 2.24) is 20.5 Å². The van der Waals surface area contributed by atoms with E-state index in [9.17, 15) is 4.79 Å². The van der Waals surface area contributed by atoms with E-state index in [4.69, 9.17) is 9.47 Å². The first-order chi connectivity index (χ1) is 14.7. The first-order valence-corrected chi connectivity index (χ1v) is 9.39. The van der Waals surface area contributed by atoms with Gasteiger partial charge < -0.3 is 14.8 Å². The summed E-state index contributed by atoms with van der Waals surface area (Å²) >= 11 is 0. The van der Waals surface area contributed by atoms with E-state index in [1.165, 1.54) is 0 Å². The van der Waals surface area contributed by atoms with E-state index in [1.54, 1.807) is 43.9 Å². The van der Waals surface area contributed by atoms with E-state index in [1.807, 2.05) is 37.3 Å². The number of ether oxygens (including phenoxy) is 2. The van der Waals surface area contributed by atoms with Crippen LogP contribution in [0.25, 0.3) is 10.9 Å². The number of benzene rings is 2. The molecule has 0 unspecified atom stereocenters. The van der Waals surface area contributed by atoms with E-state index < -0.39 is 0 Å². The summed E-state index contributed by atoms with van der Waals surface area (Å²) in [6, 6.07) is 14.7. The third-order valence-corrected chi connectivity index (χ3v) is 4.76. The zero-order valence-electron chi connectivity index (χ0n) is 16.6. The third-order valence-electron chi connectivity index (χ3n) is 4.76. The summed E-state index contributed by atoms with van der Waals surface area (Å²) in [6.45, 7) is 2.24. The summed E-state index contributed by atoms with van der Waals surface area (Å²) < 4.78 is 11.4. The first kappa shape index (κ1) is 19.3. The predicted octanol–water partition coefficient (Wildman–Crippen LogP) is 4.06. The van der Waals surface area contributed by atoms with E-state index in [-0.39, 0.29) is 5.91 Å². The average Bonchev–Trinajstić information content (AvgIpc) is 2.79. The maximum Gasteiger partial charge on any atom is 0.251 e. The number of methoxy groups -OCH3 is 1. The summed E-state index contributed by atoms with van der Waals surface area (Å²) in [5.41, 5.74) is 2.95. The van der Waals surface area contributed by atoms with E-state index in [0.29, 0.717) is 23.6 Å². The van der Waals surface area contributed by atoms with Crippen LogP contribution in [0.15, 0.2) is 67.1 Å². The van der Waals surface area contributed by atoms with Crippen LogP contribution >= 0.6 is 0 Å². The molecule has 0 fully saturated rings. The van der Waals surface area contributed by atoms with Crippen molar-refractivity contribution < 1.29 is 14.3 Å². The van der Waals surface area contributed by atoms with Gasteiger partial charge in [0.05, 0.1) is 18.8 Å². The molecule has 0 saturated carbocycles. The van der Waals surface area contributed by atoms with Gasteiger partial charge in [-0.25, -0.2) is 0 Å². The second-order valence-corrected chi connectivity index (χ2v) is 6.66. The van der Waals surface area contributed by atoms with Crippen LogP contribution in [0.1, 0.15) is 21.5 Å². The Morgan fingerprint density at radius 1 is 1.03 bits per heavy atom. The molecule has 0 aliphatic heterocycles. The monoisotopic (exact) mass is 400 g/mol. The second-order valence-electron chi connectivity index (χ2n) is 6.66. The molecule has 7 nitrogen and oxygen atoms in total. The molecule has 0 aliphatic carbocycles. The maximum atomic E-state index is 12.7. The smallest absolute Gasteiger partial charge is 0.251 e. The molecule has 0 aliphatic rings. The molecule has 1 N–H and O–H groups in total. The Balaban J connectivity index is 1.57. The van der Waals surface area contributed by atoms with Gasteiger partial charge in [-0.3, -0.25) is 9.78 Å². The lowest BCUT2D eigenvalue weighted by Gasteiger charge is -2.14. The number of hydrogen-bond donors (Lipinski definition) is 1. The van der Waals surface area contributed by atoms with Crippen molar-refractivity contribution >= 4 is 16.8 Å². The zero-order chi connectivity index (χ0) is 20.9. The van der Waals surface area contributed by atoms with Crippen molar-refractivity contribution in [1.29, 1.82) is 0 Å². The molecule has 30 heavy (non-hydrogen) atoms. The van der Waals surface area contributed by atoms with Crippen molar-refractivity contribution in [2.45, 2.75) is 13.5 Å². The SMILES string of the molecule is COc1ccc2c(Oc3cccc(C(=O)NCc4ccnnc4)c3C)ccnc2c1. The van der Waals surface area contributed by atoms with Gasteiger partial charge >= 0.3 is 0 Å². The van der Waals surface area contributed by atoms with Crippen LogP contribution in [0.3, 0.4) is 0 Å². The highest BCUT2D eigenvalue weighted by molar-refractivity contribution is 5.96. The largest absolute Gasteiger partial charge is 0.497 e. The zero-order valence-corrected chi connectivity index (χ0v) is 16.6. The minimum Gasteiger partial charge on any atom is -0.497 e.